The first-order valence-corrected chi connectivity index (χ1v) is 8.44. The Balaban J connectivity index is 1.77. The van der Waals surface area contributed by atoms with Crippen LogP contribution >= 0.6 is 0 Å². The standard InChI is InChI=1S/C14H16FN3O4S/c1-10-8-13(17-22-10)18-23(20,21)7-6-16-14(19)9-11-2-4-12(15)5-3-11/h2-5,8H,6-7,9H2,1H3,(H,16,19)(H,17,18). The molecule has 2 rings (SSSR count). The van der Waals surface area contributed by atoms with E-state index < -0.39 is 10.0 Å². The molecule has 124 valence electrons. The number of nitrogens with one attached hydrogen (secondary N) is 2. The normalized spacial score (nSPS) is 11.2. The van der Waals surface area contributed by atoms with Crippen LogP contribution in [0.25, 0.3) is 0 Å². The van der Waals surface area contributed by atoms with Crippen LogP contribution in [0.1, 0.15) is 11.3 Å². The molecule has 0 radical (unpaired) electrons. The molecule has 0 bridgehead atoms. The highest BCUT2D eigenvalue weighted by Gasteiger charge is 2.13. The average Bonchev–Trinajstić information content (AvgIpc) is 2.85. The maximum Gasteiger partial charge on any atom is 0.235 e. The third-order valence-corrected chi connectivity index (χ3v) is 4.12. The van der Waals surface area contributed by atoms with E-state index >= 15 is 0 Å². The van der Waals surface area contributed by atoms with Gasteiger partial charge in [-0.05, 0) is 24.6 Å². The predicted molar refractivity (Wildman–Crippen MR) is 81.8 cm³/mol. The van der Waals surface area contributed by atoms with Crippen molar-refractivity contribution in [3.63, 3.8) is 0 Å². The van der Waals surface area contributed by atoms with Crippen molar-refractivity contribution in [2.45, 2.75) is 13.3 Å². The van der Waals surface area contributed by atoms with Gasteiger partial charge in [0.05, 0.1) is 12.2 Å². The molecule has 23 heavy (non-hydrogen) atoms. The van der Waals surface area contributed by atoms with Crippen molar-refractivity contribution in [3.8, 4) is 0 Å². The van der Waals surface area contributed by atoms with Gasteiger partial charge in [0, 0.05) is 12.6 Å². The summed E-state index contributed by atoms with van der Waals surface area (Å²) >= 11 is 0. The molecule has 0 fully saturated rings. The third kappa shape index (κ3) is 5.70. The molecule has 1 amide bonds. The molecule has 0 atom stereocenters. The zero-order chi connectivity index (χ0) is 16.9. The van der Waals surface area contributed by atoms with Crippen LogP contribution in [-0.2, 0) is 21.2 Å². The van der Waals surface area contributed by atoms with Crippen molar-refractivity contribution in [2.24, 2.45) is 0 Å². The zero-order valence-electron chi connectivity index (χ0n) is 12.4. The Morgan fingerprint density at radius 3 is 2.61 bits per heavy atom. The van der Waals surface area contributed by atoms with Crippen molar-refractivity contribution < 1.29 is 22.1 Å². The van der Waals surface area contributed by atoms with E-state index in [4.69, 9.17) is 4.52 Å². The second-order valence-electron chi connectivity index (χ2n) is 4.90. The minimum absolute atomic E-state index is 0.0494. The first-order chi connectivity index (χ1) is 10.8. The summed E-state index contributed by atoms with van der Waals surface area (Å²) in [4.78, 5) is 11.7. The maximum absolute atomic E-state index is 12.8. The van der Waals surface area contributed by atoms with Crippen LogP contribution in [0.4, 0.5) is 10.2 Å². The van der Waals surface area contributed by atoms with E-state index in [1.807, 2.05) is 0 Å². The largest absolute Gasteiger partial charge is 0.360 e. The van der Waals surface area contributed by atoms with E-state index in [1.54, 1.807) is 6.92 Å². The molecule has 7 nitrogen and oxygen atoms in total. The highest BCUT2D eigenvalue weighted by molar-refractivity contribution is 7.92. The van der Waals surface area contributed by atoms with Gasteiger partial charge in [0.2, 0.25) is 15.9 Å². The Labute approximate surface area is 132 Å². The minimum atomic E-state index is -3.63. The molecule has 0 aliphatic rings. The smallest absolute Gasteiger partial charge is 0.235 e. The molecule has 9 heteroatoms. The highest BCUT2D eigenvalue weighted by atomic mass is 32.2. The van der Waals surface area contributed by atoms with E-state index in [0.29, 0.717) is 11.3 Å². The third-order valence-electron chi connectivity index (χ3n) is 2.86. The average molecular weight is 341 g/mol. The first-order valence-electron chi connectivity index (χ1n) is 6.79. The zero-order valence-corrected chi connectivity index (χ0v) is 13.2. The van der Waals surface area contributed by atoms with Crippen LogP contribution in [0.5, 0.6) is 0 Å². The van der Waals surface area contributed by atoms with Crippen LogP contribution in [-0.4, -0.2) is 31.8 Å². The molecular weight excluding hydrogens is 325 g/mol. The van der Waals surface area contributed by atoms with Crippen molar-refractivity contribution in [1.29, 1.82) is 0 Å². The fourth-order valence-electron chi connectivity index (χ4n) is 1.80. The molecule has 0 aliphatic heterocycles. The number of sulfonamides is 1. The Morgan fingerprint density at radius 2 is 2.00 bits per heavy atom. The number of aromatic nitrogens is 1. The van der Waals surface area contributed by atoms with Crippen LogP contribution in [0.15, 0.2) is 34.9 Å². The number of carbonyl (C=O) groups excluding carboxylic acids is 1. The van der Waals surface area contributed by atoms with Gasteiger partial charge in [-0.1, -0.05) is 17.3 Å². The first kappa shape index (κ1) is 16.9. The van der Waals surface area contributed by atoms with E-state index in [1.165, 1.54) is 30.3 Å². The lowest BCUT2D eigenvalue weighted by Gasteiger charge is -2.07. The van der Waals surface area contributed by atoms with Gasteiger partial charge in [0.1, 0.15) is 11.6 Å². The summed E-state index contributed by atoms with van der Waals surface area (Å²) in [5.74, 6) is -0.442. The SMILES string of the molecule is Cc1cc(NS(=O)(=O)CCNC(=O)Cc2ccc(F)cc2)no1. The van der Waals surface area contributed by atoms with Crippen molar-refractivity contribution in [1.82, 2.24) is 10.5 Å². The van der Waals surface area contributed by atoms with Gasteiger partial charge in [-0.3, -0.25) is 9.52 Å². The Morgan fingerprint density at radius 1 is 1.30 bits per heavy atom. The number of anilines is 1. The van der Waals surface area contributed by atoms with Gasteiger partial charge in [0.25, 0.3) is 0 Å². The van der Waals surface area contributed by atoms with Gasteiger partial charge in [0.15, 0.2) is 5.82 Å². The highest BCUT2D eigenvalue weighted by Crippen LogP contribution is 2.09. The second-order valence-corrected chi connectivity index (χ2v) is 6.74. The molecule has 0 spiro atoms. The van der Waals surface area contributed by atoms with E-state index in [0.717, 1.165) is 0 Å². The second kappa shape index (κ2) is 7.23. The molecule has 2 N–H and O–H groups in total. The number of halogens is 1. The van der Waals surface area contributed by atoms with E-state index in [2.05, 4.69) is 15.2 Å². The molecule has 1 aromatic heterocycles. The number of hydrogen-bond donors (Lipinski definition) is 2. The summed E-state index contributed by atoms with van der Waals surface area (Å²) in [6, 6.07) is 6.97. The summed E-state index contributed by atoms with van der Waals surface area (Å²) in [5.41, 5.74) is 0.642. The lowest BCUT2D eigenvalue weighted by Crippen LogP contribution is -2.32. The molecule has 0 unspecified atom stereocenters. The molecular formula is C14H16FN3O4S. The number of amides is 1. The number of nitrogens with zero attached hydrogens (tertiary/aromatic N) is 1. The molecule has 1 aromatic carbocycles. The van der Waals surface area contributed by atoms with Crippen LogP contribution in [0.3, 0.4) is 0 Å². The van der Waals surface area contributed by atoms with Crippen molar-refractivity contribution in [3.05, 3.63) is 47.5 Å². The van der Waals surface area contributed by atoms with E-state index in [-0.39, 0.29) is 36.3 Å². The number of rotatable bonds is 7. The van der Waals surface area contributed by atoms with Crippen molar-refractivity contribution in [2.75, 3.05) is 17.0 Å². The van der Waals surface area contributed by atoms with Gasteiger partial charge in [-0.25, -0.2) is 12.8 Å². The van der Waals surface area contributed by atoms with Crippen LogP contribution in [0.2, 0.25) is 0 Å². The fourth-order valence-corrected chi connectivity index (χ4v) is 2.69. The monoisotopic (exact) mass is 341 g/mol. The van der Waals surface area contributed by atoms with Crippen molar-refractivity contribution >= 4 is 21.7 Å². The van der Waals surface area contributed by atoms with Crippen LogP contribution < -0.4 is 10.0 Å². The minimum Gasteiger partial charge on any atom is -0.360 e. The maximum atomic E-state index is 12.8. The fraction of sp³-hybridized carbons (Fsp3) is 0.286. The molecule has 0 saturated carbocycles. The molecule has 2 aromatic rings. The number of carbonyl (C=O) groups is 1. The van der Waals surface area contributed by atoms with Gasteiger partial charge < -0.3 is 9.84 Å². The lowest BCUT2D eigenvalue weighted by molar-refractivity contribution is -0.120. The quantitative estimate of drug-likeness (QED) is 0.788. The summed E-state index contributed by atoms with van der Waals surface area (Å²) in [7, 11) is -3.63. The Hall–Kier alpha value is -2.42. The topological polar surface area (TPSA) is 101 Å². The summed E-state index contributed by atoms with van der Waals surface area (Å²) in [5, 5.41) is 6.02. The number of aryl methyl sites for hydroxylation is 1. The Kier molecular flexibility index (Phi) is 5.32. The summed E-state index contributed by atoms with van der Waals surface area (Å²) < 4.78 is 43.4. The molecule has 0 saturated heterocycles. The lowest BCUT2D eigenvalue weighted by atomic mass is 10.1. The molecule has 1 heterocycles. The van der Waals surface area contributed by atoms with Gasteiger partial charge >= 0.3 is 0 Å². The van der Waals surface area contributed by atoms with Crippen LogP contribution in [0, 0.1) is 12.7 Å². The van der Waals surface area contributed by atoms with Gasteiger partial charge in [-0.2, -0.15) is 0 Å². The van der Waals surface area contributed by atoms with Gasteiger partial charge in [-0.15, -0.1) is 0 Å². The summed E-state index contributed by atoms with van der Waals surface area (Å²) in [6.45, 7) is 1.59. The summed E-state index contributed by atoms with van der Waals surface area (Å²) in [6.07, 6.45) is 0.0518. The van der Waals surface area contributed by atoms with E-state index in [9.17, 15) is 17.6 Å². The molecule has 0 aliphatic carbocycles. The number of benzene rings is 1. The Bertz CT molecular complexity index is 772. The number of hydrogen-bond acceptors (Lipinski definition) is 5. The predicted octanol–water partition coefficient (Wildman–Crippen LogP) is 1.22.